The smallest absolute Gasteiger partial charge is 0.412 e. The van der Waals surface area contributed by atoms with Crippen LogP contribution in [0.4, 0.5) is 10.5 Å². The van der Waals surface area contributed by atoms with Gasteiger partial charge in [0.15, 0.2) is 9.84 Å². The third-order valence-corrected chi connectivity index (χ3v) is 5.35. The number of anilines is 1. The Balaban J connectivity index is 1.87. The van der Waals surface area contributed by atoms with Gasteiger partial charge in [0.1, 0.15) is 11.4 Å². The molecule has 0 radical (unpaired) electrons. The number of carbonyl (C=O) groups is 2. The van der Waals surface area contributed by atoms with E-state index in [4.69, 9.17) is 9.47 Å². The molecule has 0 fully saturated rings. The second-order valence-corrected chi connectivity index (χ2v) is 10.4. The van der Waals surface area contributed by atoms with Crippen LogP contribution in [0.15, 0.2) is 53.4 Å². The van der Waals surface area contributed by atoms with Crippen LogP contribution in [0.3, 0.4) is 0 Å². The Kier molecular flexibility index (Phi) is 8.26. The van der Waals surface area contributed by atoms with Crippen LogP contribution in [0, 0.1) is 0 Å². The second-order valence-electron chi connectivity index (χ2n) is 8.38. The molecule has 8 nitrogen and oxygen atoms in total. The topological polar surface area (TPSA) is 102 Å². The maximum absolute atomic E-state index is 12.7. The monoisotopic (exact) mass is 462 g/mol. The molecule has 0 spiro atoms. The van der Waals surface area contributed by atoms with Gasteiger partial charge < -0.3 is 14.4 Å². The molecule has 0 aliphatic carbocycles. The van der Waals surface area contributed by atoms with Gasteiger partial charge in [-0.3, -0.25) is 10.1 Å². The number of hydrogen-bond acceptors (Lipinski definition) is 6. The molecule has 2 rings (SSSR count). The van der Waals surface area contributed by atoms with E-state index in [2.05, 4.69) is 5.32 Å². The molecular formula is C23H30N2O6S. The van der Waals surface area contributed by atoms with Crippen LogP contribution in [-0.2, 0) is 14.6 Å². The third kappa shape index (κ3) is 8.22. The standard InChI is InChI=1S/C23H30N2O6S/c1-23(2,3)31-22(27)24-18-10-6-9-17(15-18)21(26)25(4)13-8-14-30-19-11-7-12-20(16-19)32(5,28)29/h6-7,9-12,15-16H,8,13-14H2,1-5H3,(H,24,27). The van der Waals surface area contributed by atoms with Crippen LogP contribution in [0.5, 0.6) is 5.75 Å². The Morgan fingerprint density at radius 3 is 2.41 bits per heavy atom. The highest BCUT2D eigenvalue weighted by Gasteiger charge is 2.17. The van der Waals surface area contributed by atoms with Crippen LogP contribution in [0.1, 0.15) is 37.6 Å². The molecule has 0 heterocycles. The van der Waals surface area contributed by atoms with E-state index in [0.29, 0.717) is 36.6 Å². The zero-order chi connectivity index (χ0) is 23.9. The third-order valence-electron chi connectivity index (χ3n) is 4.24. The summed E-state index contributed by atoms with van der Waals surface area (Å²) in [5.74, 6) is 0.264. The summed E-state index contributed by atoms with van der Waals surface area (Å²) < 4.78 is 34.1. The highest BCUT2D eigenvalue weighted by Crippen LogP contribution is 2.18. The molecule has 0 atom stereocenters. The largest absolute Gasteiger partial charge is 0.493 e. The first-order chi connectivity index (χ1) is 14.8. The van der Waals surface area contributed by atoms with Crippen molar-refractivity contribution in [3.63, 3.8) is 0 Å². The molecule has 2 aromatic rings. The van der Waals surface area contributed by atoms with Gasteiger partial charge in [-0.1, -0.05) is 12.1 Å². The molecule has 0 aliphatic rings. The number of rotatable bonds is 8. The summed E-state index contributed by atoms with van der Waals surface area (Å²) in [6, 6.07) is 12.9. The Labute approximate surface area is 189 Å². The molecule has 0 bridgehead atoms. The first-order valence-corrected chi connectivity index (χ1v) is 12.0. The van der Waals surface area contributed by atoms with Gasteiger partial charge in [0, 0.05) is 31.1 Å². The quantitative estimate of drug-likeness (QED) is 0.596. The lowest BCUT2D eigenvalue weighted by Gasteiger charge is -2.20. The molecule has 0 saturated heterocycles. The van der Waals surface area contributed by atoms with E-state index in [-0.39, 0.29) is 10.8 Å². The van der Waals surface area contributed by atoms with Crippen molar-refractivity contribution in [3.05, 3.63) is 54.1 Å². The van der Waals surface area contributed by atoms with Crippen molar-refractivity contribution < 1.29 is 27.5 Å². The minimum Gasteiger partial charge on any atom is -0.493 e. The summed E-state index contributed by atoms with van der Waals surface area (Å²) in [5, 5.41) is 2.62. The van der Waals surface area contributed by atoms with Crippen molar-refractivity contribution in [1.29, 1.82) is 0 Å². The van der Waals surface area contributed by atoms with Crippen molar-refractivity contribution in [3.8, 4) is 5.75 Å². The van der Waals surface area contributed by atoms with E-state index >= 15 is 0 Å². The number of nitrogens with one attached hydrogen (secondary N) is 1. The summed E-state index contributed by atoms with van der Waals surface area (Å²) in [6.07, 6.45) is 1.11. The van der Waals surface area contributed by atoms with E-state index in [0.717, 1.165) is 6.26 Å². The van der Waals surface area contributed by atoms with Gasteiger partial charge in [0.05, 0.1) is 11.5 Å². The fraction of sp³-hybridized carbons (Fsp3) is 0.391. The number of nitrogens with zero attached hydrogens (tertiary/aromatic N) is 1. The molecule has 1 N–H and O–H groups in total. The SMILES string of the molecule is CN(CCCOc1cccc(S(C)(=O)=O)c1)C(=O)c1cccc(NC(=O)OC(C)(C)C)c1. The highest BCUT2D eigenvalue weighted by molar-refractivity contribution is 7.90. The summed E-state index contributed by atoms with van der Waals surface area (Å²) in [5.41, 5.74) is 0.279. The number of hydrogen-bond donors (Lipinski definition) is 1. The van der Waals surface area contributed by atoms with Crippen molar-refractivity contribution >= 4 is 27.5 Å². The lowest BCUT2D eigenvalue weighted by Crippen LogP contribution is -2.29. The molecule has 32 heavy (non-hydrogen) atoms. The van der Waals surface area contributed by atoms with Crippen molar-refractivity contribution in [2.24, 2.45) is 0 Å². The summed E-state index contributed by atoms with van der Waals surface area (Å²) in [4.78, 5) is 26.4. The maximum atomic E-state index is 12.7. The van der Waals surface area contributed by atoms with Crippen LogP contribution in [-0.4, -0.2) is 57.4 Å². The van der Waals surface area contributed by atoms with E-state index < -0.39 is 21.5 Å². The van der Waals surface area contributed by atoms with Gasteiger partial charge in [-0.15, -0.1) is 0 Å². The minimum atomic E-state index is -3.30. The van der Waals surface area contributed by atoms with Crippen LogP contribution in [0.2, 0.25) is 0 Å². The Morgan fingerprint density at radius 2 is 1.75 bits per heavy atom. The van der Waals surface area contributed by atoms with Crippen molar-refractivity contribution in [1.82, 2.24) is 4.90 Å². The van der Waals surface area contributed by atoms with E-state index in [9.17, 15) is 18.0 Å². The molecule has 9 heteroatoms. The zero-order valence-corrected chi connectivity index (χ0v) is 19.9. The molecule has 0 unspecified atom stereocenters. The molecule has 2 amide bonds. The lowest BCUT2D eigenvalue weighted by atomic mass is 10.1. The van der Waals surface area contributed by atoms with E-state index in [1.54, 1.807) is 69.1 Å². The normalized spacial score (nSPS) is 11.5. The van der Waals surface area contributed by atoms with E-state index in [1.807, 2.05) is 0 Å². The number of ether oxygens (including phenoxy) is 2. The Morgan fingerprint density at radius 1 is 1.06 bits per heavy atom. The Bertz CT molecular complexity index is 1060. The van der Waals surface area contributed by atoms with Crippen LogP contribution < -0.4 is 10.1 Å². The predicted octanol–water partition coefficient (Wildman–Crippen LogP) is 3.98. The zero-order valence-electron chi connectivity index (χ0n) is 19.0. The number of sulfone groups is 1. The van der Waals surface area contributed by atoms with Crippen molar-refractivity contribution in [2.75, 3.05) is 31.8 Å². The highest BCUT2D eigenvalue weighted by atomic mass is 32.2. The van der Waals surface area contributed by atoms with Gasteiger partial charge in [-0.25, -0.2) is 13.2 Å². The first kappa shape index (κ1) is 25.2. The van der Waals surface area contributed by atoms with Gasteiger partial charge in [-0.2, -0.15) is 0 Å². The molecule has 2 aromatic carbocycles. The maximum Gasteiger partial charge on any atom is 0.412 e. The van der Waals surface area contributed by atoms with Gasteiger partial charge in [0.25, 0.3) is 5.91 Å². The van der Waals surface area contributed by atoms with E-state index in [1.165, 1.54) is 12.1 Å². The fourth-order valence-corrected chi connectivity index (χ4v) is 3.42. The van der Waals surface area contributed by atoms with Gasteiger partial charge >= 0.3 is 6.09 Å². The second kappa shape index (κ2) is 10.5. The van der Waals surface area contributed by atoms with Crippen molar-refractivity contribution in [2.45, 2.75) is 37.7 Å². The molecule has 0 saturated carbocycles. The minimum absolute atomic E-state index is 0.196. The van der Waals surface area contributed by atoms with Gasteiger partial charge in [0.2, 0.25) is 0 Å². The first-order valence-electron chi connectivity index (χ1n) is 10.1. The fourth-order valence-electron chi connectivity index (χ4n) is 2.76. The molecule has 174 valence electrons. The number of amides is 2. The molecule has 0 aromatic heterocycles. The molecule has 0 aliphatic heterocycles. The van der Waals surface area contributed by atoms with Crippen LogP contribution >= 0.6 is 0 Å². The van der Waals surface area contributed by atoms with Gasteiger partial charge in [-0.05, 0) is 63.6 Å². The summed E-state index contributed by atoms with van der Waals surface area (Å²) in [6.45, 7) is 6.08. The predicted molar refractivity (Wildman–Crippen MR) is 123 cm³/mol. The average molecular weight is 463 g/mol. The lowest BCUT2D eigenvalue weighted by molar-refractivity contribution is 0.0635. The summed E-state index contributed by atoms with van der Waals surface area (Å²) in [7, 11) is -1.62. The summed E-state index contributed by atoms with van der Waals surface area (Å²) >= 11 is 0. The van der Waals surface area contributed by atoms with Crippen LogP contribution in [0.25, 0.3) is 0 Å². The number of benzene rings is 2. The average Bonchev–Trinajstić information content (AvgIpc) is 2.68. The number of carbonyl (C=O) groups excluding carboxylic acids is 2. The molecular weight excluding hydrogens is 432 g/mol. The Hall–Kier alpha value is -3.07.